The van der Waals surface area contributed by atoms with Crippen molar-refractivity contribution >= 4 is 5.91 Å². The van der Waals surface area contributed by atoms with Crippen LogP contribution >= 0.6 is 0 Å². The Hall–Kier alpha value is -0.650. The molecule has 0 aromatic heterocycles. The highest BCUT2D eigenvalue weighted by Crippen LogP contribution is 2.34. The first-order chi connectivity index (χ1) is 10.6. The van der Waals surface area contributed by atoms with Gasteiger partial charge < -0.3 is 15.4 Å². The number of hydrogen-bond acceptors (Lipinski definition) is 4. The quantitative estimate of drug-likeness (QED) is 0.847. The van der Waals surface area contributed by atoms with E-state index in [-0.39, 0.29) is 11.5 Å². The van der Waals surface area contributed by atoms with Gasteiger partial charge in [-0.25, -0.2) is 0 Å². The Labute approximate surface area is 134 Å². The van der Waals surface area contributed by atoms with Gasteiger partial charge in [0.05, 0.1) is 19.1 Å². The summed E-state index contributed by atoms with van der Waals surface area (Å²) < 4.78 is 5.41. The zero-order valence-electron chi connectivity index (χ0n) is 13.9. The molecule has 22 heavy (non-hydrogen) atoms. The van der Waals surface area contributed by atoms with Gasteiger partial charge in [-0.15, -0.1) is 0 Å². The van der Waals surface area contributed by atoms with Crippen molar-refractivity contribution in [1.29, 1.82) is 0 Å². The minimum Gasteiger partial charge on any atom is -0.379 e. The molecule has 2 heterocycles. The molecule has 1 aliphatic carbocycles. The second-order valence-corrected chi connectivity index (χ2v) is 7.66. The third-order valence-corrected chi connectivity index (χ3v) is 5.77. The van der Waals surface area contributed by atoms with E-state index in [1.807, 2.05) is 0 Å². The minimum absolute atomic E-state index is 0.0309. The molecule has 5 heteroatoms. The smallest absolute Gasteiger partial charge is 0.227 e. The van der Waals surface area contributed by atoms with Crippen LogP contribution in [0.1, 0.15) is 39.0 Å². The van der Waals surface area contributed by atoms with E-state index in [9.17, 15) is 4.79 Å². The molecule has 3 aliphatic rings. The number of hydrogen-bond donors (Lipinski definition) is 1. The monoisotopic (exact) mass is 309 g/mol. The van der Waals surface area contributed by atoms with Gasteiger partial charge >= 0.3 is 0 Å². The van der Waals surface area contributed by atoms with E-state index in [2.05, 4.69) is 16.7 Å². The molecule has 3 fully saturated rings. The van der Waals surface area contributed by atoms with Gasteiger partial charge in [0.2, 0.25) is 5.91 Å². The highest BCUT2D eigenvalue weighted by molar-refractivity contribution is 5.80. The lowest BCUT2D eigenvalue weighted by atomic mass is 9.74. The number of carbonyl (C=O) groups excluding carboxylic acids is 1. The van der Waals surface area contributed by atoms with Crippen LogP contribution < -0.4 is 5.73 Å². The largest absolute Gasteiger partial charge is 0.379 e. The molecule has 3 rings (SSSR count). The summed E-state index contributed by atoms with van der Waals surface area (Å²) >= 11 is 0. The van der Waals surface area contributed by atoms with Crippen molar-refractivity contribution in [2.45, 2.75) is 44.6 Å². The standard InChI is InChI=1S/C17H31N3O2/c1-17(18)6-3-2-4-15(17)16(21)20-7-5-14(13-20)12-19-8-10-22-11-9-19/h14-15H,2-13,18H2,1H3. The maximum atomic E-state index is 12.9. The topological polar surface area (TPSA) is 58.8 Å². The molecule has 3 atom stereocenters. The van der Waals surface area contributed by atoms with Gasteiger partial charge in [0.15, 0.2) is 0 Å². The van der Waals surface area contributed by atoms with Gasteiger partial charge in [0.1, 0.15) is 0 Å². The second kappa shape index (κ2) is 6.85. The maximum absolute atomic E-state index is 12.9. The molecular formula is C17H31N3O2. The van der Waals surface area contributed by atoms with Crippen LogP contribution in [-0.2, 0) is 9.53 Å². The van der Waals surface area contributed by atoms with Crippen LogP contribution in [0.15, 0.2) is 0 Å². The average Bonchev–Trinajstić information content (AvgIpc) is 2.96. The minimum atomic E-state index is -0.308. The summed E-state index contributed by atoms with van der Waals surface area (Å²) in [7, 11) is 0. The van der Waals surface area contributed by atoms with Gasteiger partial charge in [-0.1, -0.05) is 12.8 Å². The summed E-state index contributed by atoms with van der Waals surface area (Å²) in [6.07, 6.45) is 5.40. The lowest BCUT2D eigenvalue weighted by molar-refractivity contribution is -0.138. The first-order valence-corrected chi connectivity index (χ1v) is 8.94. The number of amides is 1. The Morgan fingerprint density at radius 1 is 1.23 bits per heavy atom. The number of nitrogens with two attached hydrogens (primary N) is 1. The molecule has 0 radical (unpaired) electrons. The zero-order chi connectivity index (χ0) is 15.6. The molecule has 126 valence electrons. The van der Waals surface area contributed by atoms with E-state index in [0.29, 0.717) is 11.8 Å². The Morgan fingerprint density at radius 3 is 2.73 bits per heavy atom. The second-order valence-electron chi connectivity index (χ2n) is 7.66. The Kier molecular flexibility index (Phi) is 5.05. The molecule has 0 aromatic carbocycles. The third-order valence-electron chi connectivity index (χ3n) is 5.77. The number of ether oxygens (including phenoxy) is 1. The van der Waals surface area contributed by atoms with Crippen molar-refractivity contribution in [1.82, 2.24) is 9.80 Å². The predicted molar refractivity (Wildman–Crippen MR) is 86.5 cm³/mol. The molecule has 2 N–H and O–H groups in total. The Balaban J connectivity index is 1.52. The number of nitrogens with zero attached hydrogens (tertiary/aromatic N) is 2. The van der Waals surface area contributed by atoms with Crippen LogP contribution in [-0.4, -0.2) is 67.2 Å². The summed E-state index contributed by atoms with van der Waals surface area (Å²) in [5.41, 5.74) is 6.10. The summed E-state index contributed by atoms with van der Waals surface area (Å²) in [5, 5.41) is 0. The zero-order valence-corrected chi connectivity index (χ0v) is 13.9. The maximum Gasteiger partial charge on any atom is 0.227 e. The van der Waals surface area contributed by atoms with Crippen molar-refractivity contribution in [3.8, 4) is 0 Å². The van der Waals surface area contributed by atoms with E-state index in [1.165, 1.54) is 0 Å². The van der Waals surface area contributed by atoms with Crippen molar-refractivity contribution < 1.29 is 9.53 Å². The summed E-state index contributed by atoms with van der Waals surface area (Å²) in [5.74, 6) is 0.965. The Morgan fingerprint density at radius 2 is 2.00 bits per heavy atom. The van der Waals surface area contributed by atoms with Crippen LogP contribution in [0.25, 0.3) is 0 Å². The van der Waals surface area contributed by atoms with Gasteiger partial charge in [0, 0.05) is 38.3 Å². The van der Waals surface area contributed by atoms with Crippen molar-refractivity contribution in [3.63, 3.8) is 0 Å². The summed E-state index contributed by atoms with van der Waals surface area (Å²) in [4.78, 5) is 17.4. The molecule has 5 nitrogen and oxygen atoms in total. The molecule has 2 aliphatic heterocycles. The summed E-state index contributed by atoms with van der Waals surface area (Å²) in [6, 6.07) is 0. The fourth-order valence-electron chi connectivity index (χ4n) is 4.31. The molecule has 2 saturated heterocycles. The molecule has 0 spiro atoms. The van der Waals surface area contributed by atoms with Gasteiger partial charge in [0.25, 0.3) is 0 Å². The van der Waals surface area contributed by atoms with Crippen LogP contribution in [0, 0.1) is 11.8 Å². The Bertz CT molecular complexity index is 393. The van der Waals surface area contributed by atoms with Gasteiger partial charge in [-0.2, -0.15) is 0 Å². The molecular weight excluding hydrogens is 278 g/mol. The van der Waals surface area contributed by atoms with Crippen LogP contribution in [0.4, 0.5) is 0 Å². The number of likely N-dealkylation sites (tertiary alicyclic amines) is 1. The normalized spacial score (nSPS) is 37.5. The molecule has 0 aromatic rings. The average molecular weight is 309 g/mol. The summed E-state index contributed by atoms with van der Waals surface area (Å²) in [6.45, 7) is 8.78. The first-order valence-electron chi connectivity index (χ1n) is 8.94. The fraction of sp³-hybridized carbons (Fsp3) is 0.941. The van der Waals surface area contributed by atoms with Crippen LogP contribution in [0.3, 0.4) is 0 Å². The number of rotatable bonds is 3. The van der Waals surface area contributed by atoms with Crippen molar-refractivity contribution in [2.75, 3.05) is 45.9 Å². The lowest BCUT2D eigenvalue weighted by Gasteiger charge is -2.39. The van der Waals surface area contributed by atoms with E-state index in [1.54, 1.807) is 0 Å². The van der Waals surface area contributed by atoms with Crippen molar-refractivity contribution in [3.05, 3.63) is 0 Å². The predicted octanol–water partition coefficient (Wildman–Crippen LogP) is 1.07. The van der Waals surface area contributed by atoms with Gasteiger partial charge in [-0.05, 0) is 32.1 Å². The third kappa shape index (κ3) is 3.63. The van der Waals surface area contributed by atoms with Gasteiger partial charge in [-0.3, -0.25) is 9.69 Å². The SMILES string of the molecule is CC1(N)CCCCC1C(=O)N1CCC(CN2CCOCC2)C1. The lowest BCUT2D eigenvalue weighted by Crippen LogP contribution is -2.53. The highest BCUT2D eigenvalue weighted by atomic mass is 16.5. The molecule has 1 saturated carbocycles. The highest BCUT2D eigenvalue weighted by Gasteiger charge is 2.41. The van der Waals surface area contributed by atoms with E-state index in [0.717, 1.165) is 78.0 Å². The van der Waals surface area contributed by atoms with E-state index in [4.69, 9.17) is 10.5 Å². The molecule has 1 amide bonds. The van der Waals surface area contributed by atoms with Crippen LogP contribution in [0.2, 0.25) is 0 Å². The number of carbonyl (C=O) groups is 1. The van der Waals surface area contributed by atoms with E-state index < -0.39 is 0 Å². The van der Waals surface area contributed by atoms with E-state index >= 15 is 0 Å². The van der Waals surface area contributed by atoms with Crippen LogP contribution in [0.5, 0.6) is 0 Å². The number of morpholine rings is 1. The first kappa shape index (κ1) is 16.2. The molecule has 0 bridgehead atoms. The van der Waals surface area contributed by atoms with Crippen molar-refractivity contribution in [2.24, 2.45) is 17.6 Å². The fourth-order valence-corrected chi connectivity index (χ4v) is 4.31. The molecule has 3 unspecified atom stereocenters.